The average Bonchev–Trinajstić information content (AvgIpc) is 1.87. The number of rotatable bonds is 1. The van der Waals surface area contributed by atoms with Crippen LogP contribution in [0.4, 0.5) is 0 Å². The third-order valence-electron chi connectivity index (χ3n) is 1.27. The minimum absolute atomic E-state index is 0.0683. The zero-order valence-corrected chi connectivity index (χ0v) is 6.12. The van der Waals surface area contributed by atoms with E-state index >= 15 is 0 Å². The normalized spacial score (nSPS) is 25.1. The van der Waals surface area contributed by atoms with Crippen molar-refractivity contribution in [2.45, 2.75) is 19.6 Å². The molecule has 1 unspecified atom stereocenters. The lowest BCUT2D eigenvalue weighted by molar-refractivity contribution is -0.0983. The van der Waals surface area contributed by atoms with E-state index in [9.17, 15) is 0 Å². The molecule has 0 fully saturated rings. The Bertz CT molecular complexity index is 138. The highest BCUT2D eigenvalue weighted by Crippen LogP contribution is 2.02. The minimum Gasteiger partial charge on any atom is -0.473 e. The first-order valence-electron chi connectivity index (χ1n) is 3.52. The molecule has 1 aliphatic heterocycles. The number of hydrogen-bond acceptors (Lipinski definition) is 2. The van der Waals surface area contributed by atoms with Crippen LogP contribution in [0.15, 0.2) is 24.5 Å². The lowest BCUT2D eigenvalue weighted by atomic mass is 10.4. The van der Waals surface area contributed by atoms with Gasteiger partial charge in [0, 0.05) is 6.42 Å². The Hall–Kier alpha value is -0.760. The van der Waals surface area contributed by atoms with Crippen LogP contribution < -0.4 is 0 Å². The van der Waals surface area contributed by atoms with Crippen LogP contribution in [0.2, 0.25) is 0 Å². The molecule has 0 aromatic heterocycles. The van der Waals surface area contributed by atoms with Crippen LogP contribution in [0.25, 0.3) is 0 Å². The summed E-state index contributed by atoms with van der Waals surface area (Å²) in [5.41, 5.74) is 0. The molecule has 0 spiro atoms. The molecule has 0 aromatic carbocycles. The third kappa shape index (κ3) is 2.23. The van der Waals surface area contributed by atoms with Crippen molar-refractivity contribution in [1.82, 2.24) is 0 Å². The molecule has 10 heavy (non-hydrogen) atoms. The predicted octanol–water partition coefficient (Wildman–Crippen LogP) is 1.84. The van der Waals surface area contributed by atoms with E-state index in [1.165, 1.54) is 0 Å². The minimum atomic E-state index is -0.0683. The topological polar surface area (TPSA) is 18.5 Å². The lowest BCUT2D eigenvalue weighted by Gasteiger charge is -2.14. The van der Waals surface area contributed by atoms with Crippen LogP contribution in [-0.4, -0.2) is 12.9 Å². The molecule has 1 rings (SSSR count). The molecule has 0 aromatic rings. The van der Waals surface area contributed by atoms with E-state index in [4.69, 9.17) is 9.47 Å². The van der Waals surface area contributed by atoms with Gasteiger partial charge in [-0.2, -0.15) is 0 Å². The zero-order chi connectivity index (χ0) is 7.23. The van der Waals surface area contributed by atoms with Gasteiger partial charge in [0.05, 0.1) is 12.9 Å². The molecule has 0 bridgehead atoms. The van der Waals surface area contributed by atoms with Gasteiger partial charge in [0.2, 0.25) is 0 Å². The van der Waals surface area contributed by atoms with Crippen LogP contribution >= 0.6 is 0 Å². The summed E-state index contributed by atoms with van der Waals surface area (Å²) in [4.78, 5) is 0. The van der Waals surface area contributed by atoms with Crippen LogP contribution in [0.5, 0.6) is 0 Å². The van der Waals surface area contributed by atoms with Gasteiger partial charge in [-0.25, -0.2) is 0 Å². The second-order valence-corrected chi connectivity index (χ2v) is 2.06. The molecule has 0 saturated carbocycles. The van der Waals surface area contributed by atoms with Crippen molar-refractivity contribution in [3.63, 3.8) is 0 Å². The Morgan fingerprint density at radius 3 is 3.20 bits per heavy atom. The van der Waals surface area contributed by atoms with E-state index in [0.29, 0.717) is 6.61 Å². The van der Waals surface area contributed by atoms with Crippen molar-refractivity contribution < 1.29 is 9.47 Å². The second kappa shape index (κ2) is 4.12. The summed E-state index contributed by atoms with van der Waals surface area (Å²) in [5, 5.41) is 0. The van der Waals surface area contributed by atoms with Gasteiger partial charge in [-0.1, -0.05) is 19.1 Å². The molecule has 1 aliphatic rings. The summed E-state index contributed by atoms with van der Waals surface area (Å²) in [6, 6.07) is 0. The van der Waals surface area contributed by atoms with Crippen molar-refractivity contribution in [2.24, 2.45) is 0 Å². The Labute approximate surface area is 61.1 Å². The number of hydrogen-bond donors (Lipinski definition) is 0. The standard InChI is InChI=1S/C8H12O2/c1-2-8-9-6-4-3-5-7-10-8/h3-6,8H,2,7H2,1H3. The Morgan fingerprint density at radius 1 is 1.50 bits per heavy atom. The first-order chi connectivity index (χ1) is 4.93. The molecule has 2 heteroatoms. The fourth-order valence-corrected chi connectivity index (χ4v) is 0.729. The van der Waals surface area contributed by atoms with E-state index in [1.54, 1.807) is 6.26 Å². The summed E-state index contributed by atoms with van der Waals surface area (Å²) in [5.74, 6) is 0. The van der Waals surface area contributed by atoms with Gasteiger partial charge in [-0.15, -0.1) is 0 Å². The maximum Gasteiger partial charge on any atom is 0.198 e. The molecule has 56 valence electrons. The maximum atomic E-state index is 5.27. The van der Waals surface area contributed by atoms with Crippen molar-refractivity contribution in [1.29, 1.82) is 0 Å². The molecule has 1 atom stereocenters. The van der Waals surface area contributed by atoms with E-state index < -0.39 is 0 Å². The summed E-state index contributed by atoms with van der Waals surface area (Å²) in [7, 11) is 0. The van der Waals surface area contributed by atoms with Crippen molar-refractivity contribution in [3.05, 3.63) is 24.5 Å². The van der Waals surface area contributed by atoms with Gasteiger partial charge in [0.25, 0.3) is 0 Å². The summed E-state index contributed by atoms with van der Waals surface area (Å²) in [6.07, 6.45) is 8.21. The molecule has 0 N–H and O–H groups in total. The molecule has 0 saturated heterocycles. The van der Waals surface area contributed by atoms with Crippen LogP contribution in [0.3, 0.4) is 0 Å². The SMILES string of the molecule is CCC1OC=CC=CCO1. The first-order valence-corrected chi connectivity index (χ1v) is 3.52. The van der Waals surface area contributed by atoms with Gasteiger partial charge in [0.15, 0.2) is 6.29 Å². The van der Waals surface area contributed by atoms with Gasteiger partial charge in [-0.05, 0) is 6.08 Å². The molecular formula is C8H12O2. The summed E-state index contributed by atoms with van der Waals surface area (Å²) in [6.45, 7) is 2.67. The highest BCUT2D eigenvalue weighted by Gasteiger charge is 2.03. The predicted molar refractivity (Wildman–Crippen MR) is 39.4 cm³/mol. The second-order valence-electron chi connectivity index (χ2n) is 2.06. The largest absolute Gasteiger partial charge is 0.473 e. The third-order valence-corrected chi connectivity index (χ3v) is 1.27. The molecular weight excluding hydrogens is 128 g/mol. The van der Waals surface area contributed by atoms with E-state index in [2.05, 4.69) is 0 Å². The van der Waals surface area contributed by atoms with Gasteiger partial charge >= 0.3 is 0 Å². The Morgan fingerprint density at radius 2 is 2.40 bits per heavy atom. The highest BCUT2D eigenvalue weighted by molar-refractivity contribution is 5.00. The maximum absolute atomic E-state index is 5.27. The quantitative estimate of drug-likeness (QED) is 0.553. The molecule has 0 aliphatic carbocycles. The molecule has 2 nitrogen and oxygen atoms in total. The van der Waals surface area contributed by atoms with Crippen molar-refractivity contribution in [3.8, 4) is 0 Å². The van der Waals surface area contributed by atoms with Gasteiger partial charge < -0.3 is 9.47 Å². The van der Waals surface area contributed by atoms with E-state index in [-0.39, 0.29) is 6.29 Å². The zero-order valence-electron chi connectivity index (χ0n) is 6.12. The van der Waals surface area contributed by atoms with Crippen LogP contribution in [0.1, 0.15) is 13.3 Å². The van der Waals surface area contributed by atoms with Gasteiger partial charge in [-0.3, -0.25) is 0 Å². The summed E-state index contributed by atoms with van der Waals surface area (Å²) < 4.78 is 10.4. The molecule has 0 radical (unpaired) electrons. The number of ether oxygens (including phenoxy) is 2. The van der Waals surface area contributed by atoms with Gasteiger partial charge in [0.1, 0.15) is 0 Å². The fourth-order valence-electron chi connectivity index (χ4n) is 0.729. The highest BCUT2D eigenvalue weighted by atomic mass is 16.7. The average molecular weight is 140 g/mol. The van der Waals surface area contributed by atoms with E-state index in [1.807, 2.05) is 25.2 Å². The lowest BCUT2D eigenvalue weighted by Crippen LogP contribution is -2.13. The van der Waals surface area contributed by atoms with Crippen LogP contribution in [0, 0.1) is 0 Å². The Kier molecular flexibility index (Phi) is 3.03. The number of allylic oxidation sites excluding steroid dienone is 2. The smallest absolute Gasteiger partial charge is 0.198 e. The molecule has 0 amide bonds. The first kappa shape index (κ1) is 7.35. The monoisotopic (exact) mass is 140 g/mol. The van der Waals surface area contributed by atoms with Crippen LogP contribution in [-0.2, 0) is 9.47 Å². The van der Waals surface area contributed by atoms with Crippen molar-refractivity contribution in [2.75, 3.05) is 6.61 Å². The van der Waals surface area contributed by atoms with E-state index in [0.717, 1.165) is 6.42 Å². The fraction of sp³-hybridized carbons (Fsp3) is 0.500. The van der Waals surface area contributed by atoms with Crippen molar-refractivity contribution >= 4 is 0 Å². The molecule has 1 heterocycles. The Balaban J connectivity index is 2.38. The summed E-state index contributed by atoms with van der Waals surface area (Å²) >= 11 is 0.